The molecule has 2 aromatic carbocycles. The number of hydrogen-bond donors (Lipinski definition) is 1. The smallest absolute Gasteiger partial charge is 0.345 e. The Labute approximate surface area is 189 Å². The zero-order valence-corrected chi connectivity index (χ0v) is 20.1. The van der Waals surface area contributed by atoms with E-state index in [0.717, 1.165) is 11.8 Å². The Kier molecular flexibility index (Phi) is 7.46. The molecule has 31 heavy (non-hydrogen) atoms. The molecule has 2 rings (SSSR count). The lowest BCUT2D eigenvalue weighted by atomic mass is 9.89. The summed E-state index contributed by atoms with van der Waals surface area (Å²) in [5.74, 6) is 5.37. The summed E-state index contributed by atoms with van der Waals surface area (Å²) in [5.41, 5.74) is 1.25. The third kappa shape index (κ3) is 6.49. The standard InChI is InChI=1S/C24H27ClO5S/c1-15(2)20-11-10-19(31(6,28)29)14-16(20)7-8-17-13-18(25)9-12-21(17)30-22(23(26)27)24(3,4)5/h9-15,22H,1-6H3,(H,26,27). The van der Waals surface area contributed by atoms with Crippen LogP contribution in [0.25, 0.3) is 0 Å². The van der Waals surface area contributed by atoms with Crippen molar-refractivity contribution < 1.29 is 23.1 Å². The van der Waals surface area contributed by atoms with Crippen molar-refractivity contribution in [1.82, 2.24) is 0 Å². The van der Waals surface area contributed by atoms with E-state index in [-0.39, 0.29) is 10.8 Å². The maximum Gasteiger partial charge on any atom is 0.345 e. The number of ether oxygens (including phenoxy) is 1. The van der Waals surface area contributed by atoms with Gasteiger partial charge in [-0.05, 0) is 41.8 Å². The molecule has 0 aliphatic rings. The summed E-state index contributed by atoms with van der Waals surface area (Å²) in [6.07, 6.45) is 0.0600. The van der Waals surface area contributed by atoms with Gasteiger partial charge in [-0.3, -0.25) is 0 Å². The summed E-state index contributed by atoms with van der Waals surface area (Å²) in [5, 5.41) is 10.0. The molecule has 0 aliphatic carbocycles. The van der Waals surface area contributed by atoms with E-state index >= 15 is 0 Å². The Bertz CT molecular complexity index is 1150. The fourth-order valence-electron chi connectivity index (χ4n) is 2.94. The number of sulfone groups is 1. The van der Waals surface area contributed by atoms with E-state index in [4.69, 9.17) is 16.3 Å². The van der Waals surface area contributed by atoms with Gasteiger partial charge in [0.15, 0.2) is 15.9 Å². The molecule has 2 aromatic rings. The maximum atomic E-state index is 12.0. The predicted molar refractivity (Wildman–Crippen MR) is 123 cm³/mol. The number of halogens is 1. The molecular weight excluding hydrogens is 436 g/mol. The Morgan fingerprint density at radius 1 is 1.06 bits per heavy atom. The molecule has 0 spiro atoms. The van der Waals surface area contributed by atoms with Gasteiger partial charge in [0.1, 0.15) is 5.75 Å². The van der Waals surface area contributed by atoms with Crippen molar-refractivity contribution in [3.05, 3.63) is 58.1 Å². The van der Waals surface area contributed by atoms with E-state index < -0.39 is 27.3 Å². The van der Waals surface area contributed by atoms with Gasteiger partial charge < -0.3 is 9.84 Å². The highest BCUT2D eigenvalue weighted by Crippen LogP contribution is 2.29. The van der Waals surface area contributed by atoms with Crippen molar-refractivity contribution in [3.8, 4) is 17.6 Å². The molecule has 7 heteroatoms. The van der Waals surface area contributed by atoms with Crippen LogP contribution in [0.4, 0.5) is 0 Å². The molecule has 0 saturated heterocycles. The minimum absolute atomic E-state index is 0.130. The average Bonchev–Trinajstić information content (AvgIpc) is 2.63. The van der Waals surface area contributed by atoms with Crippen molar-refractivity contribution in [2.45, 2.75) is 51.5 Å². The van der Waals surface area contributed by atoms with Crippen LogP contribution in [0.3, 0.4) is 0 Å². The van der Waals surface area contributed by atoms with Gasteiger partial charge in [0, 0.05) is 22.3 Å². The summed E-state index contributed by atoms with van der Waals surface area (Å²) >= 11 is 6.14. The second kappa shape index (κ2) is 9.33. The molecule has 1 N–H and O–H groups in total. The van der Waals surface area contributed by atoms with Crippen molar-refractivity contribution in [2.24, 2.45) is 5.41 Å². The summed E-state index contributed by atoms with van der Waals surface area (Å²) in [6, 6.07) is 9.68. The molecule has 0 amide bonds. The van der Waals surface area contributed by atoms with Crippen LogP contribution in [0, 0.1) is 17.3 Å². The fourth-order valence-corrected chi connectivity index (χ4v) is 3.76. The summed E-state index contributed by atoms with van der Waals surface area (Å²) in [4.78, 5) is 11.9. The van der Waals surface area contributed by atoms with Crippen LogP contribution in [-0.4, -0.2) is 31.9 Å². The van der Waals surface area contributed by atoms with E-state index in [0.29, 0.717) is 21.9 Å². The zero-order valence-electron chi connectivity index (χ0n) is 18.5. The minimum atomic E-state index is -3.39. The van der Waals surface area contributed by atoms with E-state index in [1.807, 2.05) is 13.8 Å². The first-order valence-corrected chi connectivity index (χ1v) is 12.0. The summed E-state index contributed by atoms with van der Waals surface area (Å²) in [6.45, 7) is 9.32. The van der Waals surface area contributed by atoms with Gasteiger partial charge in [0.2, 0.25) is 0 Å². The molecule has 0 bridgehead atoms. The first-order valence-electron chi connectivity index (χ1n) is 9.75. The molecule has 166 valence electrons. The molecule has 5 nitrogen and oxygen atoms in total. The fraction of sp³-hybridized carbons (Fsp3) is 0.375. The molecule has 0 aromatic heterocycles. The Morgan fingerprint density at radius 2 is 1.68 bits per heavy atom. The lowest BCUT2D eigenvalue weighted by Crippen LogP contribution is -2.39. The van der Waals surface area contributed by atoms with Gasteiger partial charge in [0.05, 0.1) is 10.5 Å². The lowest BCUT2D eigenvalue weighted by Gasteiger charge is -2.28. The van der Waals surface area contributed by atoms with Crippen molar-refractivity contribution in [3.63, 3.8) is 0 Å². The Balaban J connectivity index is 2.59. The molecule has 0 aliphatic heterocycles. The number of carboxylic acids is 1. The highest BCUT2D eigenvalue weighted by atomic mass is 35.5. The second-order valence-corrected chi connectivity index (χ2v) is 11.2. The molecule has 0 saturated carbocycles. The highest BCUT2D eigenvalue weighted by Gasteiger charge is 2.33. The third-order valence-corrected chi connectivity index (χ3v) is 5.95. The average molecular weight is 463 g/mol. The van der Waals surface area contributed by atoms with Gasteiger partial charge in [-0.1, -0.05) is 64.1 Å². The molecule has 1 atom stereocenters. The van der Waals surface area contributed by atoms with E-state index in [1.165, 1.54) is 0 Å². The van der Waals surface area contributed by atoms with Crippen LogP contribution < -0.4 is 4.74 Å². The first kappa shape index (κ1) is 24.8. The van der Waals surface area contributed by atoms with Gasteiger partial charge in [-0.2, -0.15) is 0 Å². The minimum Gasteiger partial charge on any atom is -0.478 e. The molecule has 0 fully saturated rings. The lowest BCUT2D eigenvalue weighted by molar-refractivity contribution is -0.150. The maximum absolute atomic E-state index is 12.0. The zero-order chi connectivity index (χ0) is 23.6. The van der Waals surface area contributed by atoms with Gasteiger partial charge >= 0.3 is 5.97 Å². The summed E-state index contributed by atoms with van der Waals surface area (Å²) in [7, 11) is -3.39. The largest absolute Gasteiger partial charge is 0.478 e. The predicted octanol–water partition coefficient (Wildman–Crippen LogP) is 5.14. The topological polar surface area (TPSA) is 80.7 Å². The summed E-state index contributed by atoms with van der Waals surface area (Å²) < 4.78 is 29.8. The van der Waals surface area contributed by atoms with Crippen LogP contribution in [0.2, 0.25) is 5.02 Å². The number of carboxylic acid groups (broad SMARTS) is 1. The van der Waals surface area contributed by atoms with Crippen molar-refractivity contribution in [1.29, 1.82) is 0 Å². The number of aliphatic carboxylic acids is 1. The highest BCUT2D eigenvalue weighted by molar-refractivity contribution is 7.90. The van der Waals surface area contributed by atoms with Gasteiger partial charge in [-0.15, -0.1) is 0 Å². The number of carbonyl (C=O) groups is 1. The number of hydrogen-bond acceptors (Lipinski definition) is 4. The van der Waals surface area contributed by atoms with Crippen LogP contribution in [0.5, 0.6) is 5.75 Å². The van der Waals surface area contributed by atoms with Crippen LogP contribution >= 0.6 is 11.6 Å². The molecular formula is C24H27ClO5S. The molecule has 0 heterocycles. The van der Waals surface area contributed by atoms with Crippen molar-refractivity contribution in [2.75, 3.05) is 6.26 Å². The monoisotopic (exact) mass is 462 g/mol. The van der Waals surface area contributed by atoms with E-state index in [2.05, 4.69) is 11.8 Å². The van der Waals surface area contributed by atoms with Gasteiger partial charge in [-0.25, -0.2) is 13.2 Å². The SMILES string of the molecule is CC(C)c1ccc(S(C)(=O)=O)cc1C#Cc1cc(Cl)ccc1OC(C(=O)O)C(C)(C)C. The third-order valence-electron chi connectivity index (χ3n) is 4.60. The van der Waals surface area contributed by atoms with E-state index in [1.54, 1.807) is 57.2 Å². The quantitative estimate of drug-likeness (QED) is 0.622. The number of benzene rings is 2. The number of rotatable bonds is 5. The van der Waals surface area contributed by atoms with E-state index in [9.17, 15) is 18.3 Å². The van der Waals surface area contributed by atoms with Crippen molar-refractivity contribution >= 4 is 27.4 Å². The Hall–Kier alpha value is -2.49. The second-order valence-electron chi connectivity index (χ2n) is 8.77. The van der Waals surface area contributed by atoms with Gasteiger partial charge in [0.25, 0.3) is 0 Å². The van der Waals surface area contributed by atoms with Crippen LogP contribution in [-0.2, 0) is 14.6 Å². The van der Waals surface area contributed by atoms with Crippen LogP contribution in [0.1, 0.15) is 57.2 Å². The Morgan fingerprint density at radius 3 is 2.19 bits per heavy atom. The van der Waals surface area contributed by atoms with Crippen LogP contribution in [0.15, 0.2) is 41.3 Å². The molecule has 1 unspecified atom stereocenters. The normalized spacial score (nSPS) is 12.8. The molecule has 0 radical (unpaired) electrons. The first-order chi connectivity index (χ1) is 14.2.